The van der Waals surface area contributed by atoms with Gasteiger partial charge in [0.2, 0.25) is 10.0 Å². The standard InChI is InChI=1S/C26H25N3O4S2/c1-17-4-3-5-19(14-17)15-24-26(31)29(2)22-16-20(8-11-23(22)34-24)25(30)28-13-12-18-6-9-21(10-7-18)35(27,32)33/h3-11,14-16H,12-13H2,1-2H3,(H,28,30)(H2,27,32,33). The van der Waals surface area contributed by atoms with Gasteiger partial charge in [-0.05, 0) is 60.9 Å². The zero-order valence-electron chi connectivity index (χ0n) is 19.3. The molecule has 3 aromatic carbocycles. The van der Waals surface area contributed by atoms with Crippen LogP contribution < -0.4 is 15.4 Å². The first-order chi connectivity index (χ1) is 16.6. The molecule has 0 aliphatic carbocycles. The van der Waals surface area contributed by atoms with Gasteiger partial charge in [-0.25, -0.2) is 13.6 Å². The molecule has 7 nitrogen and oxygen atoms in total. The minimum absolute atomic E-state index is 0.0489. The van der Waals surface area contributed by atoms with Gasteiger partial charge in [-0.2, -0.15) is 0 Å². The quantitative estimate of drug-likeness (QED) is 0.494. The van der Waals surface area contributed by atoms with Crippen LogP contribution in [-0.2, 0) is 21.2 Å². The van der Waals surface area contributed by atoms with Crippen molar-refractivity contribution in [3.8, 4) is 0 Å². The zero-order chi connectivity index (χ0) is 25.2. The molecule has 0 radical (unpaired) electrons. The second-order valence-corrected chi connectivity index (χ2v) is 10.9. The highest BCUT2D eigenvalue weighted by Crippen LogP contribution is 2.42. The Kier molecular flexibility index (Phi) is 7.11. The number of rotatable bonds is 6. The molecule has 0 fully saturated rings. The Morgan fingerprint density at radius 3 is 2.51 bits per heavy atom. The molecular formula is C26H25N3O4S2. The van der Waals surface area contributed by atoms with Crippen molar-refractivity contribution >= 4 is 45.4 Å². The number of likely N-dealkylation sites (N-methyl/N-ethyl adjacent to an activating group) is 1. The summed E-state index contributed by atoms with van der Waals surface area (Å²) < 4.78 is 22.7. The summed E-state index contributed by atoms with van der Waals surface area (Å²) >= 11 is 1.39. The number of thioether (sulfide) groups is 1. The van der Waals surface area contributed by atoms with Crippen molar-refractivity contribution in [3.63, 3.8) is 0 Å². The molecule has 0 atom stereocenters. The summed E-state index contributed by atoms with van der Waals surface area (Å²) in [7, 11) is -2.02. The van der Waals surface area contributed by atoms with Crippen LogP contribution >= 0.6 is 11.8 Å². The maximum Gasteiger partial charge on any atom is 0.264 e. The maximum atomic E-state index is 13.0. The van der Waals surface area contributed by atoms with E-state index in [4.69, 9.17) is 5.14 Å². The number of fused-ring (bicyclic) bond motifs is 1. The Balaban J connectivity index is 1.43. The van der Waals surface area contributed by atoms with Gasteiger partial charge in [-0.3, -0.25) is 9.59 Å². The van der Waals surface area contributed by atoms with Gasteiger partial charge in [0.25, 0.3) is 11.8 Å². The minimum atomic E-state index is -3.73. The first-order valence-corrected chi connectivity index (χ1v) is 13.3. The van der Waals surface area contributed by atoms with E-state index in [1.54, 1.807) is 36.2 Å². The number of anilines is 1. The van der Waals surface area contributed by atoms with Gasteiger partial charge in [-0.15, -0.1) is 0 Å². The third kappa shape index (κ3) is 5.82. The van der Waals surface area contributed by atoms with Crippen molar-refractivity contribution < 1.29 is 18.0 Å². The van der Waals surface area contributed by atoms with Crippen LogP contribution in [0.4, 0.5) is 5.69 Å². The highest BCUT2D eigenvalue weighted by Gasteiger charge is 2.27. The van der Waals surface area contributed by atoms with Crippen LogP contribution in [-0.4, -0.2) is 33.8 Å². The summed E-state index contributed by atoms with van der Waals surface area (Å²) in [6, 6.07) is 19.5. The number of benzene rings is 3. The van der Waals surface area contributed by atoms with Gasteiger partial charge >= 0.3 is 0 Å². The molecule has 2 amide bonds. The topological polar surface area (TPSA) is 110 Å². The lowest BCUT2D eigenvalue weighted by molar-refractivity contribution is -0.114. The first kappa shape index (κ1) is 24.7. The predicted octanol–water partition coefficient (Wildman–Crippen LogP) is 3.72. The summed E-state index contributed by atoms with van der Waals surface area (Å²) in [6.45, 7) is 2.38. The minimum Gasteiger partial charge on any atom is -0.352 e. The smallest absolute Gasteiger partial charge is 0.264 e. The van der Waals surface area contributed by atoms with Crippen LogP contribution in [0.3, 0.4) is 0 Å². The Labute approximate surface area is 209 Å². The SMILES string of the molecule is Cc1cccc(C=C2Sc3ccc(C(=O)NCCc4ccc(S(N)(=O)=O)cc4)cc3N(C)C2=O)c1. The summed E-state index contributed by atoms with van der Waals surface area (Å²) in [4.78, 5) is 28.8. The number of nitrogens with one attached hydrogen (secondary N) is 1. The first-order valence-electron chi connectivity index (χ1n) is 10.9. The summed E-state index contributed by atoms with van der Waals surface area (Å²) in [5.41, 5.74) is 4.11. The molecule has 1 heterocycles. The lowest BCUT2D eigenvalue weighted by Gasteiger charge is -2.27. The maximum absolute atomic E-state index is 13.0. The molecule has 180 valence electrons. The second-order valence-electron chi connectivity index (χ2n) is 8.27. The average Bonchev–Trinajstić information content (AvgIpc) is 2.82. The fourth-order valence-electron chi connectivity index (χ4n) is 3.71. The molecule has 9 heteroatoms. The predicted molar refractivity (Wildman–Crippen MR) is 139 cm³/mol. The van der Waals surface area contributed by atoms with E-state index < -0.39 is 10.0 Å². The lowest BCUT2D eigenvalue weighted by Crippen LogP contribution is -2.31. The normalized spacial score (nSPS) is 14.7. The number of carbonyl (C=O) groups is 2. The number of primary sulfonamides is 1. The van der Waals surface area contributed by atoms with Crippen molar-refractivity contribution in [2.24, 2.45) is 5.14 Å². The molecule has 0 saturated carbocycles. The van der Waals surface area contributed by atoms with Crippen LogP contribution in [0.25, 0.3) is 6.08 Å². The van der Waals surface area contributed by atoms with Crippen LogP contribution in [0.1, 0.15) is 27.0 Å². The number of carbonyl (C=O) groups excluding carboxylic acids is 2. The molecular weight excluding hydrogens is 482 g/mol. The number of nitrogens with zero attached hydrogens (tertiary/aromatic N) is 1. The Bertz CT molecular complexity index is 1430. The van der Waals surface area contributed by atoms with Crippen molar-refractivity contribution in [2.45, 2.75) is 23.1 Å². The van der Waals surface area contributed by atoms with E-state index in [2.05, 4.69) is 5.32 Å². The van der Waals surface area contributed by atoms with E-state index in [0.29, 0.717) is 29.1 Å². The summed E-state index contributed by atoms with van der Waals surface area (Å²) in [5.74, 6) is -0.370. The van der Waals surface area contributed by atoms with Gasteiger partial charge in [0.1, 0.15) is 0 Å². The van der Waals surface area contributed by atoms with E-state index in [-0.39, 0.29) is 16.7 Å². The van der Waals surface area contributed by atoms with Crippen LogP contribution in [0, 0.1) is 6.92 Å². The molecule has 0 unspecified atom stereocenters. The van der Waals surface area contributed by atoms with Crippen molar-refractivity contribution in [2.75, 3.05) is 18.5 Å². The van der Waals surface area contributed by atoms with Crippen molar-refractivity contribution in [1.82, 2.24) is 5.32 Å². The van der Waals surface area contributed by atoms with Gasteiger partial charge in [0.05, 0.1) is 15.5 Å². The fourth-order valence-corrected chi connectivity index (χ4v) is 5.32. The molecule has 35 heavy (non-hydrogen) atoms. The molecule has 1 aliphatic heterocycles. The lowest BCUT2D eigenvalue weighted by atomic mass is 10.1. The molecule has 0 saturated heterocycles. The Morgan fingerprint density at radius 1 is 1.09 bits per heavy atom. The number of sulfonamides is 1. The number of aryl methyl sites for hydroxylation is 1. The highest BCUT2D eigenvalue weighted by atomic mass is 32.2. The van der Waals surface area contributed by atoms with Gasteiger partial charge < -0.3 is 10.2 Å². The van der Waals surface area contributed by atoms with Crippen LogP contribution in [0.15, 0.2) is 81.4 Å². The number of nitrogens with two attached hydrogens (primary N) is 1. The second kappa shape index (κ2) is 10.1. The van der Waals surface area contributed by atoms with Crippen LogP contribution in [0.2, 0.25) is 0 Å². The van der Waals surface area contributed by atoms with E-state index in [9.17, 15) is 18.0 Å². The summed E-state index contributed by atoms with van der Waals surface area (Å²) in [6.07, 6.45) is 2.42. The third-order valence-electron chi connectivity index (χ3n) is 5.61. The molecule has 0 bridgehead atoms. The average molecular weight is 508 g/mol. The number of hydrogen-bond donors (Lipinski definition) is 2. The molecule has 4 rings (SSSR count). The monoisotopic (exact) mass is 507 g/mol. The van der Waals surface area contributed by atoms with Gasteiger partial charge in [0.15, 0.2) is 0 Å². The highest BCUT2D eigenvalue weighted by molar-refractivity contribution is 8.04. The van der Waals surface area contributed by atoms with Gasteiger partial charge in [0, 0.05) is 24.1 Å². The number of hydrogen-bond acceptors (Lipinski definition) is 5. The van der Waals surface area contributed by atoms with E-state index in [0.717, 1.165) is 21.6 Å². The largest absolute Gasteiger partial charge is 0.352 e. The molecule has 1 aliphatic rings. The van der Waals surface area contributed by atoms with Crippen LogP contribution in [0.5, 0.6) is 0 Å². The fraction of sp³-hybridized carbons (Fsp3) is 0.154. The Morgan fingerprint density at radius 2 is 1.83 bits per heavy atom. The van der Waals surface area contributed by atoms with Gasteiger partial charge in [-0.1, -0.05) is 53.7 Å². The summed E-state index contributed by atoms with van der Waals surface area (Å²) in [5, 5.41) is 7.98. The van der Waals surface area contributed by atoms with Crippen molar-refractivity contribution in [3.05, 3.63) is 93.9 Å². The molecule has 3 aromatic rings. The zero-order valence-corrected chi connectivity index (χ0v) is 20.9. The third-order valence-corrected chi connectivity index (χ3v) is 7.62. The van der Waals surface area contributed by atoms with E-state index in [1.165, 1.54) is 23.9 Å². The van der Waals surface area contributed by atoms with Crippen molar-refractivity contribution in [1.29, 1.82) is 0 Å². The molecule has 0 aromatic heterocycles. The molecule has 3 N–H and O–H groups in total. The Hall–Kier alpha value is -3.40. The number of amides is 2. The van der Waals surface area contributed by atoms with E-state index in [1.807, 2.05) is 43.3 Å². The van der Waals surface area contributed by atoms with E-state index >= 15 is 0 Å². The molecule has 0 spiro atoms.